The molecule has 7 nitrogen and oxygen atoms in total. The van der Waals surface area contributed by atoms with Crippen LogP contribution in [0.2, 0.25) is 0 Å². The smallest absolute Gasteiger partial charge is 0.419 e. The lowest BCUT2D eigenvalue weighted by Crippen LogP contribution is -2.31. The Morgan fingerprint density at radius 3 is 2.64 bits per heavy atom. The van der Waals surface area contributed by atoms with Gasteiger partial charge in [-0.25, -0.2) is 9.18 Å². The maximum Gasteiger partial charge on any atom is 0.419 e. The van der Waals surface area contributed by atoms with Crippen LogP contribution in [0.3, 0.4) is 0 Å². The molecule has 0 N–H and O–H groups in total. The number of amides is 1. The second-order valence-corrected chi connectivity index (χ2v) is 6.24. The van der Waals surface area contributed by atoms with Crippen LogP contribution >= 0.6 is 0 Å². The number of aromatic nitrogens is 1. The van der Waals surface area contributed by atoms with Crippen LogP contribution in [0.15, 0.2) is 57.7 Å². The molecule has 0 aliphatic carbocycles. The van der Waals surface area contributed by atoms with Crippen LogP contribution < -0.4 is 5.76 Å². The first-order valence-corrected chi connectivity index (χ1v) is 8.67. The molecule has 1 heterocycles. The van der Waals surface area contributed by atoms with Crippen molar-refractivity contribution < 1.29 is 23.1 Å². The number of esters is 1. The zero-order valence-electron chi connectivity index (χ0n) is 15.3. The Morgan fingerprint density at radius 1 is 1.14 bits per heavy atom. The molecule has 0 aliphatic rings. The average Bonchev–Trinajstić information content (AvgIpc) is 3.01. The monoisotopic (exact) mass is 386 g/mol. The Morgan fingerprint density at radius 2 is 1.86 bits per heavy atom. The summed E-state index contributed by atoms with van der Waals surface area (Å²) in [7, 11) is 1.50. The van der Waals surface area contributed by atoms with Gasteiger partial charge in [0.05, 0.1) is 11.9 Å². The Kier molecular flexibility index (Phi) is 5.88. The van der Waals surface area contributed by atoms with Crippen molar-refractivity contribution in [2.75, 3.05) is 13.7 Å². The van der Waals surface area contributed by atoms with E-state index in [4.69, 9.17) is 9.15 Å². The highest BCUT2D eigenvalue weighted by molar-refractivity contribution is 5.80. The van der Waals surface area contributed by atoms with Crippen molar-refractivity contribution >= 4 is 23.0 Å². The molecule has 3 rings (SSSR count). The van der Waals surface area contributed by atoms with Crippen molar-refractivity contribution in [3.8, 4) is 0 Å². The van der Waals surface area contributed by atoms with Crippen molar-refractivity contribution in [1.29, 1.82) is 0 Å². The lowest BCUT2D eigenvalue weighted by Gasteiger charge is -2.17. The lowest BCUT2D eigenvalue weighted by atomic mass is 10.2. The summed E-state index contributed by atoms with van der Waals surface area (Å²) in [4.78, 5) is 37.1. The van der Waals surface area contributed by atoms with E-state index in [1.807, 2.05) is 0 Å². The van der Waals surface area contributed by atoms with E-state index in [-0.39, 0.29) is 19.5 Å². The number of benzene rings is 2. The molecular formula is C20H19FN2O5. The molecule has 146 valence electrons. The first-order chi connectivity index (χ1) is 13.5. The van der Waals surface area contributed by atoms with E-state index in [0.29, 0.717) is 16.7 Å². The highest BCUT2D eigenvalue weighted by Crippen LogP contribution is 2.12. The molecule has 8 heteroatoms. The fourth-order valence-electron chi connectivity index (χ4n) is 2.72. The normalized spacial score (nSPS) is 10.8. The first-order valence-electron chi connectivity index (χ1n) is 8.67. The van der Waals surface area contributed by atoms with E-state index in [1.54, 1.807) is 42.5 Å². The minimum atomic E-state index is -0.621. The quantitative estimate of drug-likeness (QED) is 0.582. The van der Waals surface area contributed by atoms with Crippen molar-refractivity contribution in [1.82, 2.24) is 9.47 Å². The summed E-state index contributed by atoms with van der Waals surface area (Å²) >= 11 is 0. The number of halogens is 1. The summed E-state index contributed by atoms with van der Waals surface area (Å²) in [6.07, 6.45) is -0.0895. The van der Waals surface area contributed by atoms with Crippen molar-refractivity contribution in [3.63, 3.8) is 0 Å². The third-order valence-electron chi connectivity index (χ3n) is 4.26. The first kappa shape index (κ1) is 19.3. The van der Waals surface area contributed by atoms with Crippen molar-refractivity contribution in [2.24, 2.45) is 0 Å². The maximum absolute atomic E-state index is 13.6. The number of aryl methyl sites for hydroxylation is 1. The van der Waals surface area contributed by atoms with Gasteiger partial charge in [0.15, 0.2) is 12.2 Å². The van der Waals surface area contributed by atoms with Gasteiger partial charge in [0.2, 0.25) is 0 Å². The number of hydrogen-bond donors (Lipinski definition) is 0. The zero-order valence-corrected chi connectivity index (χ0v) is 15.3. The average molecular weight is 386 g/mol. The van der Waals surface area contributed by atoms with Crippen LogP contribution in [0, 0.1) is 5.82 Å². The Hall–Kier alpha value is -3.42. The van der Waals surface area contributed by atoms with E-state index in [0.717, 1.165) is 0 Å². The Balaban J connectivity index is 1.50. The third kappa shape index (κ3) is 4.46. The van der Waals surface area contributed by atoms with Gasteiger partial charge in [0.1, 0.15) is 5.82 Å². The molecule has 3 aromatic rings. The number of para-hydroxylation sites is 2. The summed E-state index contributed by atoms with van der Waals surface area (Å²) in [5.41, 5.74) is 1.39. The van der Waals surface area contributed by atoms with Gasteiger partial charge in [-0.2, -0.15) is 0 Å². The minimum absolute atomic E-state index is 0.0689. The minimum Gasteiger partial charge on any atom is -0.456 e. The molecule has 1 amide bonds. The maximum atomic E-state index is 13.6. The topological polar surface area (TPSA) is 81.8 Å². The van der Waals surface area contributed by atoms with Crippen molar-refractivity contribution in [3.05, 3.63) is 70.5 Å². The summed E-state index contributed by atoms with van der Waals surface area (Å²) in [5.74, 6) is -2.04. The summed E-state index contributed by atoms with van der Waals surface area (Å²) in [6.45, 7) is -0.307. The van der Waals surface area contributed by atoms with E-state index in [9.17, 15) is 18.8 Å². The number of oxazole rings is 1. The molecule has 0 saturated carbocycles. The van der Waals surface area contributed by atoms with Gasteiger partial charge in [-0.15, -0.1) is 0 Å². The standard InChI is InChI=1S/C20H19FN2O5/c1-22(12-14-6-2-3-7-15(14)21)18(24)13-27-19(25)10-11-23-16-8-4-5-9-17(16)28-20(23)26/h2-9H,10-13H2,1H3. The predicted octanol–water partition coefficient (Wildman–Crippen LogP) is 2.33. The van der Waals surface area contributed by atoms with Crippen LogP contribution in [0.5, 0.6) is 0 Å². The Labute approximate surface area is 159 Å². The third-order valence-corrected chi connectivity index (χ3v) is 4.26. The Bertz CT molecular complexity index is 1060. The van der Waals surface area contributed by atoms with Gasteiger partial charge >= 0.3 is 11.7 Å². The molecule has 0 saturated heterocycles. The number of carbonyl (C=O) groups is 2. The van der Waals surface area contributed by atoms with Gasteiger partial charge < -0.3 is 14.1 Å². The lowest BCUT2D eigenvalue weighted by molar-refractivity contribution is -0.151. The van der Waals surface area contributed by atoms with Crippen molar-refractivity contribution in [2.45, 2.75) is 19.5 Å². The van der Waals surface area contributed by atoms with Gasteiger partial charge in [-0.3, -0.25) is 14.2 Å². The van der Waals surface area contributed by atoms with Crippen LogP contribution in [0.1, 0.15) is 12.0 Å². The second kappa shape index (κ2) is 8.51. The summed E-state index contributed by atoms with van der Waals surface area (Å²) in [5, 5.41) is 0. The molecule has 0 spiro atoms. The molecular weight excluding hydrogens is 367 g/mol. The summed E-state index contributed by atoms with van der Waals surface area (Å²) in [6, 6.07) is 13.0. The van der Waals surface area contributed by atoms with E-state index in [2.05, 4.69) is 0 Å². The molecule has 0 radical (unpaired) electrons. The predicted molar refractivity (Wildman–Crippen MR) is 98.9 cm³/mol. The van der Waals surface area contributed by atoms with Crippen LogP contribution in [0.25, 0.3) is 11.1 Å². The molecule has 0 unspecified atom stereocenters. The molecule has 0 aliphatic heterocycles. The van der Waals surface area contributed by atoms with Gasteiger partial charge in [-0.05, 0) is 18.2 Å². The highest BCUT2D eigenvalue weighted by atomic mass is 19.1. The van der Waals surface area contributed by atoms with Gasteiger partial charge in [-0.1, -0.05) is 30.3 Å². The van der Waals surface area contributed by atoms with Crippen LogP contribution in [-0.2, 0) is 27.4 Å². The SMILES string of the molecule is CN(Cc1ccccc1F)C(=O)COC(=O)CCn1c(=O)oc2ccccc21. The number of rotatable bonds is 7. The largest absolute Gasteiger partial charge is 0.456 e. The summed E-state index contributed by atoms with van der Waals surface area (Å²) < 4.78 is 25.0. The van der Waals surface area contributed by atoms with Crippen LogP contribution in [0.4, 0.5) is 4.39 Å². The number of carbonyl (C=O) groups excluding carboxylic acids is 2. The second-order valence-electron chi connectivity index (χ2n) is 6.24. The molecule has 1 aromatic heterocycles. The number of nitrogens with zero attached hydrogens (tertiary/aromatic N) is 2. The molecule has 0 fully saturated rings. The van der Waals surface area contributed by atoms with Gasteiger partial charge in [0, 0.05) is 25.7 Å². The highest BCUT2D eigenvalue weighted by Gasteiger charge is 2.15. The number of hydrogen-bond acceptors (Lipinski definition) is 5. The molecule has 2 aromatic carbocycles. The zero-order chi connectivity index (χ0) is 20.1. The molecule has 0 bridgehead atoms. The van der Waals surface area contributed by atoms with E-state index >= 15 is 0 Å². The molecule has 28 heavy (non-hydrogen) atoms. The van der Waals surface area contributed by atoms with E-state index < -0.39 is 30.1 Å². The molecule has 0 atom stereocenters. The fraction of sp³-hybridized carbons (Fsp3) is 0.250. The number of fused-ring (bicyclic) bond motifs is 1. The number of ether oxygens (including phenoxy) is 1. The van der Waals surface area contributed by atoms with Gasteiger partial charge in [0.25, 0.3) is 5.91 Å². The number of likely N-dealkylation sites (N-methyl/N-ethyl adjacent to an activating group) is 1. The fourth-order valence-corrected chi connectivity index (χ4v) is 2.72. The van der Waals surface area contributed by atoms with Crippen LogP contribution in [-0.4, -0.2) is 35.0 Å². The van der Waals surface area contributed by atoms with E-state index in [1.165, 1.54) is 22.6 Å².